The van der Waals surface area contributed by atoms with E-state index in [2.05, 4.69) is 5.10 Å². The number of ketones is 3. The van der Waals surface area contributed by atoms with Crippen LogP contribution in [0.15, 0.2) is 5.10 Å². The highest BCUT2D eigenvalue weighted by molar-refractivity contribution is 6.59. The molecule has 18 heteroatoms. The first-order valence-corrected chi connectivity index (χ1v) is 12.0. The van der Waals surface area contributed by atoms with Gasteiger partial charge in [-0.15, -0.1) is 0 Å². The summed E-state index contributed by atoms with van der Waals surface area (Å²) in [6.45, 7) is 6.55. The Hall–Kier alpha value is -3.02. The largest absolute Gasteiger partial charge is 0.434 e. The SMILES string of the molecule is CC(=O)CC(N)/C=N/NC(N)=O.CCOC1OC(=O)CC1N.[B]C(=O)C(N)CC(C)=O.[B]C(O)C(N)CC(C)=O. The number of cyclic esters (lactones) is 1. The fraction of sp³-hybridized carbons (Fsp3) is 0.682. The molecular weight excluding hydrogens is 528 g/mol. The highest BCUT2D eigenvalue weighted by Gasteiger charge is 2.32. The van der Waals surface area contributed by atoms with Crippen molar-refractivity contribution in [3.05, 3.63) is 0 Å². The monoisotopic (exact) mass is 569 g/mol. The molecule has 4 radical (unpaired) electrons. The molecule has 1 aliphatic rings. The van der Waals surface area contributed by atoms with E-state index >= 15 is 0 Å². The number of amides is 2. The highest BCUT2D eigenvalue weighted by atomic mass is 16.7. The molecule has 0 aliphatic carbocycles. The average molecular weight is 569 g/mol. The van der Waals surface area contributed by atoms with Crippen molar-refractivity contribution in [3.8, 4) is 0 Å². The maximum Gasteiger partial charge on any atom is 0.332 e. The number of primary amides is 1. The molecule has 0 bridgehead atoms. The van der Waals surface area contributed by atoms with Crippen molar-refractivity contribution in [3.63, 3.8) is 0 Å². The Morgan fingerprint density at radius 1 is 1.10 bits per heavy atom. The van der Waals surface area contributed by atoms with E-state index in [4.69, 9.17) is 58.9 Å². The Bertz CT molecular complexity index is 847. The van der Waals surface area contributed by atoms with Gasteiger partial charge < -0.3 is 48.0 Å². The van der Waals surface area contributed by atoms with Crippen molar-refractivity contribution in [2.75, 3.05) is 6.61 Å². The van der Waals surface area contributed by atoms with Gasteiger partial charge in [-0.3, -0.25) is 19.2 Å². The molecule has 224 valence electrons. The first kappa shape index (κ1) is 41.5. The Balaban J connectivity index is -0.000000460. The zero-order valence-corrected chi connectivity index (χ0v) is 23.3. The normalized spacial score (nSPS) is 18.6. The van der Waals surface area contributed by atoms with E-state index in [-0.39, 0.29) is 55.0 Å². The number of rotatable bonds is 12. The first-order valence-electron chi connectivity index (χ1n) is 12.0. The number of aliphatic hydroxyl groups is 1. The number of carbonyl (C=O) groups is 6. The quantitative estimate of drug-likeness (QED) is 0.0517. The topological polar surface area (TPSA) is 296 Å². The molecule has 1 rings (SSSR count). The van der Waals surface area contributed by atoms with Gasteiger partial charge in [-0.1, -0.05) is 0 Å². The molecule has 1 saturated heterocycles. The van der Waals surface area contributed by atoms with E-state index in [0.29, 0.717) is 6.61 Å². The van der Waals surface area contributed by atoms with Crippen molar-refractivity contribution in [1.82, 2.24) is 5.43 Å². The number of hydrogen-bond acceptors (Lipinski definition) is 14. The predicted molar refractivity (Wildman–Crippen MR) is 148 cm³/mol. The summed E-state index contributed by atoms with van der Waals surface area (Å²) >= 11 is 0. The molecule has 16 nitrogen and oxygen atoms in total. The molecular formula is C22H41B2N7O9. The maximum atomic E-state index is 10.6. The number of hydrazone groups is 1. The first-order chi connectivity index (χ1) is 18.3. The number of nitrogens with zero attached hydrogens (tertiary/aromatic N) is 1. The minimum atomic E-state index is -1.09. The molecule has 2 amide bonds. The number of aliphatic hydroxyl groups excluding tert-OH is 1. The molecule has 0 spiro atoms. The smallest absolute Gasteiger partial charge is 0.332 e. The van der Waals surface area contributed by atoms with Gasteiger partial charge in [0.1, 0.15) is 25.2 Å². The lowest BCUT2D eigenvalue weighted by atomic mass is 9.90. The zero-order valence-electron chi connectivity index (χ0n) is 23.3. The van der Waals surface area contributed by atoms with E-state index in [1.807, 2.05) is 12.3 Å². The fourth-order valence-electron chi connectivity index (χ4n) is 2.32. The van der Waals surface area contributed by atoms with Gasteiger partial charge in [-0.2, -0.15) is 5.10 Å². The molecule has 1 heterocycles. The summed E-state index contributed by atoms with van der Waals surface area (Å²) in [7, 11) is 9.73. The summed E-state index contributed by atoms with van der Waals surface area (Å²) in [4.78, 5) is 61.9. The lowest BCUT2D eigenvalue weighted by molar-refractivity contribution is -0.162. The number of Topliss-reactive ketones (excluding diaryl/α,β-unsaturated/α-hetero) is 3. The molecule has 0 aromatic carbocycles. The Morgan fingerprint density at radius 3 is 1.88 bits per heavy atom. The van der Waals surface area contributed by atoms with Crippen molar-refractivity contribution < 1.29 is 43.3 Å². The highest BCUT2D eigenvalue weighted by Crippen LogP contribution is 2.13. The maximum absolute atomic E-state index is 10.6. The second-order valence-electron chi connectivity index (χ2n) is 8.48. The minimum Gasteiger partial charge on any atom is -0.434 e. The number of hydrogen-bond donors (Lipinski definition) is 7. The molecule has 6 atom stereocenters. The third kappa shape index (κ3) is 28.0. The molecule has 12 N–H and O–H groups in total. The van der Waals surface area contributed by atoms with E-state index in [0.717, 1.165) is 0 Å². The van der Waals surface area contributed by atoms with Gasteiger partial charge in [-0.25, -0.2) is 10.2 Å². The van der Waals surface area contributed by atoms with Gasteiger partial charge in [0.2, 0.25) is 6.29 Å². The molecule has 1 aliphatic heterocycles. The minimum absolute atomic E-state index is 0.0342. The summed E-state index contributed by atoms with van der Waals surface area (Å²) in [5.74, 6) is -0.493. The molecule has 6 unspecified atom stereocenters. The number of urea groups is 1. The third-order valence-corrected chi connectivity index (χ3v) is 4.13. The molecule has 0 aromatic heterocycles. The third-order valence-electron chi connectivity index (χ3n) is 4.13. The van der Waals surface area contributed by atoms with Crippen LogP contribution in [0, 0.1) is 0 Å². The van der Waals surface area contributed by atoms with E-state index in [1.54, 1.807) is 0 Å². The standard InChI is InChI=1S/C6H12N4O2.C6H11NO3.C5H10BNO2.C5H8BNO2/c1-4(11)2-5(7)3-9-10-6(8)12;1-2-9-6-4(7)3-5(8)10-6;2*1-3(8)2-4(7)5(6)9/h3,5H,2,7H2,1H3,(H3,8,10,12);4,6H,2-3,7H2,1H3;4-5,9H,2,7H2,1H3;4H,2,7H2,1H3/b9-3+;;;. The van der Waals surface area contributed by atoms with Crippen LogP contribution in [0.4, 0.5) is 4.79 Å². The molecule has 1 fully saturated rings. The van der Waals surface area contributed by atoms with E-state index < -0.39 is 42.1 Å². The lowest BCUT2D eigenvalue weighted by Crippen LogP contribution is -2.36. The number of nitrogens with one attached hydrogen (secondary N) is 1. The van der Waals surface area contributed by atoms with Crippen LogP contribution in [0.25, 0.3) is 0 Å². The van der Waals surface area contributed by atoms with Crippen molar-refractivity contribution >= 4 is 56.9 Å². The van der Waals surface area contributed by atoms with Crippen LogP contribution in [0.2, 0.25) is 0 Å². The van der Waals surface area contributed by atoms with Gasteiger partial charge in [0.25, 0.3) is 0 Å². The second-order valence-corrected chi connectivity index (χ2v) is 8.48. The Kier molecular flexibility index (Phi) is 24.7. The number of ether oxygens (including phenoxy) is 2. The van der Waals surface area contributed by atoms with Crippen LogP contribution < -0.4 is 34.1 Å². The summed E-state index contributed by atoms with van der Waals surface area (Å²) < 4.78 is 9.75. The second kappa shape index (κ2) is 23.8. The fourth-order valence-corrected chi connectivity index (χ4v) is 2.32. The van der Waals surface area contributed by atoms with E-state index in [9.17, 15) is 28.8 Å². The van der Waals surface area contributed by atoms with Crippen LogP contribution in [0.3, 0.4) is 0 Å². The van der Waals surface area contributed by atoms with E-state index in [1.165, 1.54) is 27.0 Å². The van der Waals surface area contributed by atoms with Gasteiger partial charge in [0, 0.05) is 50.2 Å². The van der Waals surface area contributed by atoms with Gasteiger partial charge >= 0.3 is 12.0 Å². The zero-order chi connectivity index (χ0) is 32.0. The summed E-state index contributed by atoms with van der Waals surface area (Å²) in [6.07, 6.45) is 1.38. The van der Waals surface area contributed by atoms with Gasteiger partial charge in [0.15, 0.2) is 7.85 Å². The van der Waals surface area contributed by atoms with Crippen molar-refractivity contribution in [2.45, 2.75) is 89.8 Å². The van der Waals surface area contributed by atoms with Crippen LogP contribution in [-0.4, -0.2) is 105 Å². The average Bonchev–Trinajstić information content (AvgIpc) is 3.10. The Labute approximate surface area is 236 Å². The number of esters is 1. The van der Waals surface area contributed by atoms with Crippen molar-refractivity contribution in [2.24, 2.45) is 33.8 Å². The van der Waals surface area contributed by atoms with Crippen LogP contribution in [0.5, 0.6) is 0 Å². The molecule has 40 heavy (non-hydrogen) atoms. The summed E-state index contributed by atoms with van der Waals surface area (Å²) in [5, 5.41) is 12.0. The van der Waals surface area contributed by atoms with Gasteiger partial charge in [-0.05, 0) is 27.7 Å². The molecule has 0 aromatic rings. The van der Waals surface area contributed by atoms with Crippen molar-refractivity contribution in [1.29, 1.82) is 0 Å². The number of carbonyl (C=O) groups excluding carboxylic acids is 6. The lowest BCUT2D eigenvalue weighted by Gasteiger charge is -2.12. The van der Waals surface area contributed by atoms with Crippen LogP contribution in [-0.2, 0) is 33.4 Å². The van der Waals surface area contributed by atoms with Crippen LogP contribution in [0.1, 0.15) is 53.4 Å². The summed E-state index contributed by atoms with van der Waals surface area (Å²) in [6, 6.07) is -4.05. The van der Waals surface area contributed by atoms with Crippen LogP contribution >= 0.6 is 0 Å². The predicted octanol–water partition coefficient (Wildman–Crippen LogP) is -3.66. The number of nitrogens with two attached hydrogens (primary N) is 5. The summed E-state index contributed by atoms with van der Waals surface area (Å²) in [5.41, 5.74) is 27.3. The molecule has 0 saturated carbocycles. The Morgan fingerprint density at radius 2 is 1.60 bits per heavy atom. The van der Waals surface area contributed by atoms with Gasteiger partial charge in [0.05, 0.1) is 24.2 Å².